The van der Waals surface area contributed by atoms with Gasteiger partial charge in [-0.15, -0.1) is 0 Å². The number of esters is 1. The van der Waals surface area contributed by atoms with E-state index in [1.54, 1.807) is 4.90 Å². The van der Waals surface area contributed by atoms with Crippen LogP contribution >= 0.6 is 0 Å². The Bertz CT molecular complexity index is 1080. The van der Waals surface area contributed by atoms with Gasteiger partial charge in [0.05, 0.1) is 12.0 Å². The standard InChI is InChI=1S/C32H46N2O4/c1-28(2,3)38-27(36)34-15-12-30(10-13-33-14-11-30)25(19-34)37-26(35)32-18-23-16-29(4,21-32)20-31(17-23,22-32)24-8-6-5-7-9-24/h5-9,23,25,33H,10-22H2,1-4H3. The van der Waals surface area contributed by atoms with Crippen LogP contribution in [0.3, 0.4) is 0 Å². The molecule has 6 fully saturated rings. The first-order chi connectivity index (χ1) is 17.9. The molecule has 2 aliphatic heterocycles. The predicted octanol–water partition coefficient (Wildman–Crippen LogP) is 5.84. The molecule has 1 spiro atoms. The Morgan fingerprint density at radius 2 is 1.71 bits per heavy atom. The fourth-order valence-electron chi connectivity index (χ4n) is 9.67. The molecule has 1 aromatic carbocycles. The third-order valence-electron chi connectivity index (χ3n) is 10.6. The first-order valence-electron chi connectivity index (χ1n) is 14.9. The molecule has 4 aliphatic carbocycles. The Morgan fingerprint density at radius 3 is 2.39 bits per heavy atom. The fraction of sp³-hybridized carbons (Fsp3) is 0.750. The lowest BCUT2D eigenvalue weighted by Gasteiger charge is -2.65. The van der Waals surface area contributed by atoms with Crippen LogP contribution in [0.1, 0.15) is 91.0 Å². The Balaban J connectivity index is 1.28. The lowest BCUT2D eigenvalue weighted by Crippen LogP contribution is -2.62. The molecule has 1 amide bonds. The van der Waals surface area contributed by atoms with E-state index in [0.29, 0.717) is 19.0 Å². The summed E-state index contributed by atoms with van der Waals surface area (Å²) in [6.45, 7) is 11.1. The molecule has 5 atom stereocenters. The number of hydrogen-bond donors (Lipinski definition) is 1. The van der Waals surface area contributed by atoms with E-state index in [-0.39, 0.29) is 34.4 Å². The summed E-state index contributed by atoms with van der Waals surface area (Å²) in [5.41, 5.74) is 0.602. The molecule has 1 aromatic rings. The number of benzene rings is 1. The number of nitrogens with one attached hydrogen (secondary N) is 1. The van der Waals surface area contributed by atoms with E-state index in [1.165, 1.54) is 24.8 Å². The van der Waals surface area contributed by atoms with Crippen LogP contribution in [0.2, 0.25) is 0 Å². The highest BCUT2D eigenvalue weighted by atomic mass is 16.6. The lowest BCUT2D eigenvalue weighted by atomic mass is 9.39. The van der Waals surface area contributed by atoms with Crippen molar-refractivity contribution >= 4 is 12.1 Å². The summed E-state index contributed by atoms with van der Waals surface area (Å²) in [6, 6.07) is 10.9. The average Bonchev–Trinajstić information content (AvgIpc) is 2.84. The van der Waals surface area contributed by atoms with Crippen LogP contribution in [0.5, 0.6) is 0 Å². The van der Waals surface area contributed by atoms with Crippen molar-refractivity contribution in [2.45, 2.75) is 103 Å². The van der Waals surface area contributed by atoms with E-state index in [1.807, 2.05) is 20.8 Å². The third kappa shape index (κ3) is 4.55. The van der Waals surface area contributed by atoms with Crippen LogP contribution in [0.25, 0.3) is 0 Å². The zero-order valence-electron chi connectivity index (χ0n) is 23.8. The zero-order chi connectivity index (χ0) is 26.8. The molecule has 2 heterocycles. The molecule has 4 bridgehead atoms. The van der Waals surface area contributed by atoms with Gasteiger partial charge in [0.15, 0.2) is 0 Å². The van der Waals surface area contributed by atoms with Crippen LogP contribution in [0, 0.1) is 22.2 Å². The van der Waals surface area contributed by atoms with Crippen molar-refractivity contribution in [2.75, 3.05) is 26.2 Å². The first-order valence-corrected chi connectivity index (χ1v) is 14.9. The molecule has 0 radical (unpaired) electrons. The van der Waals surface area contributed by atoms with Crippen molar-refractivity contribution in [3.63, 3.8) is 0 Å². The van der Waals surface area contributed by atoms with Crippen LogP contribution in [-0.2, 0) is 19.7 Å². The minimum atomic E-state index is -0.548. The van der Waals surface area contributed by atoms with Crippen LogP contribution in [0.15, 0.2) is 30.3 Å². The second-order valence-corrected chi connectivity index (χ2v) is 14.9. The van der Waals surface area contributed by atoms with Crippen LogP contribution in [-0.4, -0.2) is 54.8 Å². The number of carbonyl (C=O) groups is 2. The number of carbonyl (C=O) groups excluding carboxylic acids is 2. The predicted molar refractivity (Wildman–Crippen MR) is 147 cm³/mol. The molecule has 208 valence electrons. The Kier molecular flexibility index (Phi) is 6.18. The third-order valence-corrected chi connectivity index (χ3v) is 10.6. The lowest BCUT2D eigenvalue weighted by molar-refractivity contribution is -0.199. The maximum absolute atomic E-state index is 14.4. The maximum Gasteiger partial charge on any atom is 0.410 e. The van der Waals surface area contributed by atoms with Gasteiger partial charge in [0.1, 0.15) is 11.7 Å². The fourth-order valence-corrected chi connectivity index (χ4v) is 9.67. The highest BCUT2D eigenvalue weighted by Gasteiger charge is 2.65. The van der Waals surface area contributed by atoms with Gasteiger partial charge in [-0.05, 0) is 114 Å². The SMILES string of the molecule is CC12CC3CC(C(=O)OC4CN(C(=O)OC(C)(C)C)CCC45CCNCC5)(C1)CC(c1ccccc1)(C3)C2. The summed E-state index contributed by atoms with van der Waals surface area (Å²) in [6.07, 6.45) is 8.59. The van der Waals surface area contributed by atoms with Crippen molar-refractivity contribution in [3.05, 3.63) is 35.9 Å². The molecular formula is C32H46N2O4. The molecule has 6 heteroatoms. The van der Waals surface area contributed by atoms with Gasteiger partial charge < -0.3 is 19.7 Å². The van der Waals surface area contributed by atoms with Gasteiger partial charge in [-0.3, -0.25) is 4.79 Å². The number of nitrogens with zero attached hydrogens (tertiary/aromatic N) is 1. The highest BCUT2D eigenvalue weighted by Crippen LogP contribution is 2.70. The Hall–Kier alpha value is -2.08. The molecular weight excluding hydrogens is 476 g/mol. The number of likely N-dealkylation sites (tertiary alicyclic amines) is 1. The summed E-state index contributed by atoms with van der Waals surface area (Å²) in [4.78, 5) is 29.3. The number of ether oxygens (including phenoxy) is 2. The number of piperidine rings is 2. The summed E-state index contributed by atoms with van der Waals surface area (Å²) in [5.74, 6) is 0.573. The van der Waals surface area contributed by atoms with E-state index >= 15 is 0 Å². The minimum absolute atomic E-state index is 0.00192. The molecule has 5 unspecified atom stereocenters. The average molecular weight is 523 g/mol. The Morgan fingerprint density at radius 1 is 0.974 bits per heavy atom. The van der Waals surface area contributed by atoms with Gasteiger partial charge in [-0.25, -0.2) is 4.79 Å². The van der Waals surface area contributed by atoms with E-state index in [4.69, 9.17) is 9.47 Å². The zero-order valence-corrected chi connectivity index (χ0v) is 23.8. The number of hydrogen-bond acceptors (Lipinski definition) is 5. The van der Waals surface area contributed by atoms with Gasteiger partial charge in [0.2, 0.25) is 0 Å². The molecule has 0 aromatic heterocycles. The number of rotatable bonds is 3. The van der Waals surface area contributed by atoms with E-state index in [9.17, 15) is 9.59 Å². The molecule has 6 aliphatic rings. The van der Waals surface area contributed by atoms with Crippen molar-refractivity contribution in [3.8, 4) is 0 Å². The van der Waals surface area contributed by atoms with Gasteiger partial charge in [0, 0.05) is 12.0 Å². The van der Waals surface area contributed by atoms with Gasteiger partial charge in [-0.2, -0.15) is 0 Å². The molecule has 4 saturated carbocycles. The highest BCUT2D eigenvalue weighted by molar-refractivity contribution is 5.78. The summed E-state index contributed by atoms with van der Waals surface area (Å²) < 4.78 is 12.4. The normalized spacial score (nSPS) is 37.7. The smallest absolute Gasteiger partial charge is 0.410 e. The largest absolute Gasteiger partial charge is 0.459 e. The molecule has 38 heavy (non-hydrogen) atoms. The van der Waals surface area contributed by atoms with Crippen molar-refractivity contribution in [1.29, 1.82) is 0 Å². The minimum Gasteiger partial charge on any atom is -0.459 e. The van der Waals surface area contributed by atoms with E-state index < -0.39 is 11.0 Å². The second-order valence-electron chi connectivity index (χ2n) is 14.9. The van der Waals surface area contributed by atoms with Crippen molar-refractivity contribution < 1.29 is 19.1 Å². The monoisotopic (exact) mass is 522 g/mol. The summed E-state index contributed by atoms with van der Waals surface area (Å²) in [5, 5.41) is 3.49. The molecule has 6 nitrogen and oxygen atoms in total. The summed E-state index contributed by atoms with van der Waals surface area (Å²) >= 11 is 0. The van der Waals surface area contributed by atoms with Gasteiger partial charge in [0.25, 0.3) is 0 Å². The van der Waals surface area contributed by atoms with Gasteiger partial charge in [-0.1, -0.05) is 37.3 Å². The molecule has 1 N–H and O–H groups in total. The number of amides is 1. The topological polar surface area (TPSA) is 67.9 Å². The van der Waals surface area contributed by atoms with Crippen molar-refractivity contribution in [1.82, 2.24) is 10.2 Å². The first kappa shape index (κ1) is 26.2. The van der Waals surface area contributed by atoms with E-state index in [0.717, 1.165) is 51.6 Å². The molecule has 7 rings (SSSR count). The maximum atomic E-state index is 14.4. The van der Waals surface area contributed by atoms with Crippen molar-refractivity contribution in [2.24, 2.45) is 22.2 Å². The quantitative estimate of drug-likeness (QED) is 0.506. The Labute approximate surface area is 228 Å². The second kappa shape index (κ2) is 8.97. The molecule has 2 saturated heterocycles. The van der Waals surface area contributed by atoms with E-state index in [2.05, 4.69) is 42.6 Å². The van der Waals surface area contributed by atoms with Crippen LogP contribution in [0.4, 0.5) is 4.79 Å². The summed E-state index contributed by atoms with van der Waals surface area (Å²) in [7, 11) is 0. The van der Waals surface area contributed by atoms with Crippen LogP contribution < -0.4 is 5.32 Å². The van der Waals surface area contributed by atoms with Gasteiger partial charge >= 0.3 is 12.1 Å².